The largest absolute Gasteiger partial charge is 0.406 e. The zero-order valence-electron chi connectivity index (χ0n) is 22.3. The van der Waals surface area contributed by atoms with Crippen molar-refractivity contribution in [2.24, 2.45) is 5.41 Å². The molecule has 0 amide bonds. The monoisotopic (exact) mass is 542 g/mol. The Bertz CT molecular complexity index is 722. The second-order valence-corrected chi connectivity index (χ2v) is 27.6. The SMILES string of the molecule is C=CCC(C#CCO[Si](C)(C)C(C)(C)C)(CC(C)(C)C#C[Si](C)(C)C)O[Si](C)(C)CBr. The fourth-order valence-corrected chi connectivity index (χ4v) is 6.05. The number of hydrogen-bond donors (Lipinski definition) is 0. The fraction of sp³-hybridized carbons (Fsp3) is 0.760. The van der Waals surface area contributed by atoms with Gasteiger partial charge in [0.2, 0.25) is 0 Å². The van der Waals surface area contributed by atoms with Crippen LogP contribution in [0.15, 0.2) is 12.7 Å². The van der Waals surface area contributed by atoms with E-state index in [0.29, 0.717) is 13.0 Å². The molecule has 2 nitrogen and oxygen atoms in total. The summed E-state index contributed by atoms with van der Waals surface area (Å²) in [6.45, 7) is 31.5. The number of rotatable bonds is 9. The fourth-order valence-electron chi connectivity index (χ4n) is 2.80. The van der Waals surface area contributed by atoms with E-state index < -0.39 is 30.3 Å². The van der Waals surface area contributed by atoms with E-state index in [0.717, 1.165) is 11.4 Å². The molecule has 0 aliphatic rings. The molecule has 1 unspecified atom stereocenters. The Hall–Kier alpha value is -0.0894. The van der Waals surface area contributed by atoms with Crippen molar-refractivity contribution in [1.82, 2.24) is 0 Å². The predicted molar refractivity (Wildman–Crippen MR) is 150 cm³/mol. The molecule has 6 heteroatoms. The van der Waals surface area contributed by atoms with Crippen LogP contribution in [-0.2, 0) is 8.85 Å². The highest BCUT2D eigenvalue weighted by Gasteiger charge is 2.40. The van der Waals surface area contributed by atoms with Crippen LogP contribution in [0.4, 0.5) is 0 Å². The molecule has 178 valence electrons. The Morgan fingerprint density at radius 1 is 0.935 bits per heavy atom. The molecule has 0 fully saturated rings. The second kappa shape index (κ2) is 11.4. The average Bonchev–Trinajstić information content (AvgIpc) is 2.55. The van der Waals surface area contributed by atoms with Crippen LogP contribution in [0.3, 0.4) is 0 Å². The van der Waals surface area contributed by atoms with Crippen LogP contribution in [0.5, 0.6) is 0 Å². The summed E-state index contributed by atoms with van der Waals surface area (Å²) in [4.78, 5) is 0.863. The zero-order chi connectivity index (χ0) is 24.8. The maximum Gasteiger partial charge on any atom is 0.199 e. The van der Waals surface area contributed by atoms with Crippen molar-refractivity contribution >= 4 is 40.6 Å². The minimum atomic E-state index is -1.94. The first-order valence-electron chi connectivity index (χ1n) is 11.3. The summed E-state index contributed by atoms with van der Waals surface area (Å²) in [5.74, 6) is 10.4. The third kappa shape index (κ3) is 12.1. The zero-order valence-corrected chi connectivity index (χ0v) is 26.9. The molecule has 0 aliphatic heterocycles. The Balaban J connectivity index is 6.04. The van der Waals surface area contributed by atoms with Crippen LogP contribution in [0.2, 0.25) is 50.9 Å². The molecule has 0 N–H and O–H groups in total. The maximum atomic E-state index is 6.83. The third-order valence-electron chi connectivity index (χ3n) is 5.40. The van der Waals surface area contributed by atoms with Crippen LogP contribution < -0.4 is 0 Å². The molecule has 0 rings (SSSR count). The molecular weight excluding hydrogens is 496 g/mol. The van der Waals surface area contributed by atoms with Gasteiger partial charge in [-0.15, -0.1) is 18.0 Å². The van der Waals surface area contributed by atoms with Gasteiger partial charge in [0, 0.05) is 23.2 Å². The number of alkyl halides is 1. The Kier molecular flexibility index (Phi) is 11.3. The third-order valence-corrected chi connectivity index (χ3v) is 16.4. The van der Waals surface area contributed by atoms with E-state index in [4.69, 9.17) is 8.85 Å². The highest BCUT2D eigenvalue weighted by atomic mass is 79.9. The van der Waals surface area contributed by atoms with Crippen molar-refractivity contribution < 1.29 is 8.85 Å². The van der Waals surface area contributed by atoms with Gasteiger partial charge < -0.3 is 8.85 Å². The molecule has 0 aromatic rings. The normalized spacial score (nSPS) is 15.3. The van der Waals surface area contributed by atoms with Crippen LogP contribution in [0, 0.1) is 28.7 Å². The molecule has 31 heavy (non-hydrogen) atoms. The van der Waals surface area contributed by atoms with Gasteiger partial charge in [-0.25, -0.2) is 0 Å². The van der Waals surface area contributed by atoms with Crippen LogP contribution in [0.1, 0.15) is 47.5 Å². The summed E-state index contributed by atoms with van der Waals surface area (Å²) in [6.07, 6.45) is 3.37. The van der Waals surface area contributed by atoms with Gasteiger partial charge in [0.05, 0.1) is 6.61 Å². The smallest absolute Gasteiger partial charge is 0.199 e. The molecule has 0 bridgehead atoms. The second-order valence-electron chi connectivity index (χ2n) is 12.4. The van der Waals surface area contributed by atoms with Crippen molar-refractivity contribution in [2.75, 3.05) is 11.6 Å². The van der Waals surface area contributed by atoms with Gasteiger partial charge in [-0.2, -0.15) is 0 Å². The van der Waals surface area contributed by atoms with Gasteiger partial charge >= 0.3 is 0 Å². The van der Waals surface area contributed by atoms with E-state index in [1.165, 1.54) is 0 Å². The van der Waals surface area contributed by atoms with E-state index in [9.17, 15) is 0 Å². The summed E-state index contributed by atoms with van der Waals surface area (Å²) >= 11 is 3.66. The van der Waals surface area contributed by atoms with Crippen LogP contribution in [0.25, 0.3) is 0 Å². The van der Waals surface area contributed by atoms with Crippen molar-refractivity contribution in [3.63, 3.8) is 0 Å². The first-order valence-corrected chi connectivity index (χ1v) is 21.9. The Morgan fingerprint density at radius 3 is 1.90 bits per heavy atom. The van der Waals surface area contributed by atoms with Gasteiger partial charge in [-0.3, -0.25) is 0 Å². The molecule has 0 aromatic heterocycles. The van der Waals surface area contributed by atoms with Gasteiger partial charge in [-0.1, -0.05) is 74.3 Å². The molecule has 1 atom stereocenters. The lowest BCUT2D eigenvalue weighted by Crippen LogP contribution is -2.47. The summed E-state index contributed by atoms with van der Waals surface area (Å²) < 4.78 is 13.1. The van der Waals surface area contributed by atoms with E-state index in [1.54, 1.807) is 0 Å². The molecule has 0 aromatic carbocycles. The quantitative estimate of drug-likeness (QED) is 0.128. The maximum absolute atomic E-state index is 6.83. The lowest BCUT2D eigenvalue weighted by molar-refractivity contribution is 0.0865. The van der Waals surface area contributed by atoms with Gasteiger partial charge in [0.25, 0.3) is 0 Å². The lowest BCUT2D eigenvalue weighted by Gasteiger charge is -2.39. The Morgan fingerprint density at radius 2 is 1.48 bits per heavy atom. The minimum absolute atomic E-state index is 0.169. The molecule has 0 heterocycles. The Labute approximate surface area is 205 Å². The van der Waals surface area contributed by atoms with E-state index >= 15 is 0 Å². The van der Waals surface area contributed by atoms with Crippen LogP contribution in [-0.4, -0.2) is 41.9 Å². The van der Waals surface area contributed by atoms with Crippen LogP contribution >= 0.6 is 15.9 Å². The summed E-state index contributed by atoms with van der Waals surface area (Å²) in [6, 6.07) is 0. The van der Waals surface area contributed by atoms with Gasteiger partial charge in [0.15, 0.2) is 16.6 Å². The molecule has 0 aliphatic carbocycles. The van der Waals surface area contributed by atoms with E-state index in [2.05, 4.69) is 126 Å². The van der Waals surface area contributed by atoms with Crippen molar-refractivity contribution in [2.45, 2.75) is 104 Å². The summed E-state index contributed by atoms with van der Waals surface area (Å²) in [5, 5.41) is 0.169. The standard InChI is InChI=1S/C25H47BrO2Si3/c1-14-16-25(28-30(10,11)22-26,21-24(5,6)18-20-29(7,8)9)17-15-19-27-31(12,13)23(2,3)4/h14H,1,16,19,21-22H2,2-13H3. The molecule has 0 saturated carbocycles. The minimum Gasteiger partial charge on any atom is -0.406 e. The highest BCUT2D eigenvalue weighted by Crippen LogP contribution is 2.37. The highest BCUT2D eigenvalue weighted by molar-refractivity contribution is 9.09. The van der Waals surface area contributed by atoms with Gasteiger partial charge in [-0.05, 0) is 45.1 Å². The summed E-state index contributed by atoms with van der Waals surface area (Å²) in [7, 11) is -5.23. The van der Waals surface area contributed by atoms with E-state index in [1.807, 2.05) is 6.08 Å². The van der Waals surface area contributed by atoms with Crippen molar-refractivity contribution in [1.29, 1.82) is 0 Å². The number of hydrogen-bond acceptors (Lipinski definition) is 2. The topological polar surface area (TPSA) is 18.5 Å². The molecule has 0 radical (unpaired) electrons. The van der Waals surface area contributed by atoms with Crippen molar-refractivity contribution in [3.8, 4) is 23.3 Å². The predicted octanol–water partition coefficient (Wildman–Crippen LogP) is 7.78. The average molecular weight is 544 g/mol. The molecular formula is C25H47BrO2Si3. The first kappa shape index (κ1) is 30.9. The van der Waals surface area contributed by atoms with Crippen molar-refractivity contribution in [3.05, 3.63) is 12.7 Å². The number of halogens is 1. The molecule has 0 spiro atoms. The first-order chi connectivity index (χ1) is 13.7. The summed E-state index contributed by atoms with van der Waals surface area (Å²) in [5.41, 5.74) is 2.75. The van der Waals surface area contributed by atoms with E-state index in [-0.39, 0.29) is 10.5 Å². The lowest BCUT2D eigenvalue weighted by atomic mass is 9.79. The molecule has 0 saturated heterocycles. The van der Waals surface area contributed by atoms with Gasteiger partial charge in [0.1, 0.15) is 13.7 Å².